The van der Waals surface area contributed by atoms with Crippen LogP contribution in [0.25, 0.3) is 0 Å². The lowest BCUT2D eigenvalue weighted by Crippen LogP contribution is -2.47. The number of rotatable bonds is 18. The molecule has 1 N–H and O–H groups in total. The van der Waals surface area contributed by atoms with Crippen molar-refractivity contribution in [2.75, 3.05) is 20.5 Å². The predicted molar refractivity (Wildman–Crippen MR) is 143 cm³/mol. The van der Waals surface area contributed by atoms with Gasteiger partial charge in [0.2, 0.25) is 0 Å². The molecule has 34 heavy (non-hydrogen) atoms. The smallest absolute Gasteiger partial charge is 0.192 e. The molecule has 3 atom stereocenters. The van der Waals surface area contributed by atoms with Crippen molar-refractivity contribution in [1.82, 2.24) is 0 Å². The maximum Gasteiger partial charge on any atom is 0.192 e. The van der Waals surface area contributed by atoms with Gasteiger partial charge in [-0.3, -0.25) is 0 Å². The van der Waals surface area contributed by atoms with E-state index in [9.17, 15) is 5.11 Å². The second-order valence-electron chi connectivity index (χ2n) is 10.3. The molecule has 0 bridgehead atoms. The zero-order valence-corrected chi connectivity index (χ0v) is 23.3. The summed E-state index contributed by atoms with van der Waals surface area (Å²) in [6.07, 6.45) is 8.88. The number of aliphatic hydroxyl groups is 1. The molecular formula is C28H48O5Si. The van der Waals surface area contributed by atoms with Crippen LogP contribution in [0.3, 0.4) is 0 Å². The highest BCUT2D eigenvalue weighted by Crippen LogP contribution is 2.38. The molecule has 194 valence electrons. The molecule has 0 unspecified atom stereocenters. The normalized spacial score (nSPS) is 15.4. The summed E-state index contributed by atoms with van der Waals surface area (Å²) in [6.45, 7) is 16.6. The molecule has 1 aromatic rings. The first kappa shape index (κ1) is 30.7. The van der Waals surface area contributed by atoms with Crippen molar-refractivity contribution in [3.8, 4) is 0 Å². The first-order valence-corrected chi connectivity index (χ1v) is 15.4. The molecule has 0 radical (unpaired) electrons. The van der Waals surface area contributed by atoms with E-state index in [1.807, 2.05) is 36.4 Å². The zero-order chi connectivity index (χ0) is 25.5. The summed E-state index contributed by atoms with van der Waals surface area (Å²) < 4.78 is 23.6. The molecule has 0 amide bonds. The maximum absolute atomic E-state index is 10.5. The highest BCUT2D eigenvalue weighted by atomic mass is 28.4. The van der Waals surface area contributed by atoms with Crippen LogP contribution in [0.4, 0.5) is 0 Å². The average molecular weight is 493 g/mol. The third-order valence-corrected chi connectivity index (χ3v) is 10.8. The number of hydrogen-bond acceptors (Lipinski definition) is 5. The quantitative estimate of drug-likeness (QED) is 0.108. The Morgan fingerprint density at radius 2 is 1.76 bits per heavy atom. The molecule has 0 saturated carbocycles. The number of benzene rings is 1. The summed E-state index contributed by atoms with van der Waals surface area (Å²) in [7, 11) is -0.386. The predicted octanol–water partition coefficient (Wildman–Crippen LogP) is 6.64. The second kappa shape index (κ2) is 16.4. The van der Waals surface area contributed by atoms with Gasteiger partial charge in [0.05, 0.1) is 18.8 Å². The van der Waals surface area contributed by atoms with Gasteiger partial charge in [0, 0.05) is 13.7 Å². The second-order valence-corrected chi connectivity index (χ2v) is 15.1. The van der Waals surface area contributed by atoms with E-state index in [2.05, 4.69) is 52.6 Å². The molecule has 5 nitrogen and oxygen atoms in total. The van der Waals surface area contributed by atoms with E-state index in [0.29, 0.717) is 19.6 Å². The minimum Gasteiger partial charge on any atom is -0.411 e. The summed E-state index contributed by atoms with van der Waals surface area (Å²) in [5.74, 6) is 0. The fourth-order valence-electron chi connectivity index (χ4n) is 3.22. The Kier molecular flexibility index (Phi) is 14.8. The van der Waals surface area contributed by atoms with E-state index in [1.165, 1.54) is 5.56 Å². The van der Waals surface area contributed by atoms with E-state index in [1.54, 1.807) is 7.11 Å². The Morgan fingerprint density at radius 1 is 1.06 bits per heavy atom. The van der Waals surface area contributed by atoms with E-state index in [4.69, 9.17) is 18.6 Å². The van der Waals surface area contributed by atoms with Crippen LogP contribution >= 0.6 is 0 Å². The van der Waals surface area contributed by atoms with Gasteiger partial charge in [-0.15, -0.1) is 6.58 Å². The van der Waals surface area contributed by atoms with Crippen LogP contribution in [0.1, 0.15) is 58.4 Å². The number of aliphatic hydroxyl groups excluding tert-OH is 1. The van der Waals surface area contributed by atoms with Gasteiger partial charge in [-0.25, -0.2) is 0 Å². The van der Waals surface area contributed by atoms with Gasteiger partial charge in [-0.05, 0) is 55.8 Å². The Balaban J connectivity index is 2.60. The maximum atomic E-state index is 10.5. The van der Waals surface area contributed by atoms with Crippen molar-refractivity contribution in [3.63, 3.8) is 0 Å². The van der Waals surface area contributed by atoms with Gasteiger partial charge in [0.1, 0.15) is 12.9 Å². The summed E-state index contributed by atoms with van der Waals surface area (Å²) in [5.41, 5.74) is 1.18. The summed E-state index contributed by atoms with van der Waals surface area (Å²) in [5, 5.41) is 10.6. The third kappa shape index (κ3) is 12.4. The van der Waals surface area contributed by atoms with Gasteiger partial charge in [-0.1, -0.05) is 69.3 Å². The SMILES string of the molecule is C=CCC[C@H](O[Si](C)(C)C(C)(C)C)[C@H](/C=C/[C@H](O)CCCCOCc1ccccc1)OCOC. The van der Waals surface area contributed by atoms with Crippen molar-refractivity contribution in [2.45, 2.75) is 95.9 Å². The number of allylic oxidation sites excluding steroid dienone is 1. The fourth-order valence-corrected chi connectivity index (χ4v) is 4.58. The highest BCUT2D eigenvalue weighted by molar-refractivity contribution is 6.74. The minimum atomic E-state index is -2.00. The van der Waals surface area contributed by atoms with Crippen molar-refractivity contribution >= 4 is 8.32 Å². The number of hydrogen-bond donors (Lipinski definition) is 1. The van der Waals surface area contributed by atoms with Gasteiger partial charge in [0.25, 0.3) is 0 Å². The number of ether oxygens (including phenoxy) is 3. The lowest BCUT2D eigenvalue weighted by atomic mass is 10.1. The standard InChI is InChI=1S/C28H48O5Si/c1-8-9-18-27(33-34(6,7)28(2,3)4)26(32-23-30-5)20-19-25(29)17-13-14-21-31-22-24-15-11-10-12-16-24/h8,10-12,15-16,19-20,25-27,29H,1,9,13-14,17-18,21-23H2,2-7H3/b20-19+/t25-,26+,27+/m1/s1. The molecule has 6 heteroatoms. The molecule has 1 rings (SSSR count). The highest BCUT2D eigenvalue weighted by Gasteiger charge is 2.40. The Bertz CT molecular complexity index is 684. The van der Waals surface area contributed by atoms with Crippen molar-refractivity contribution in [3.05, 3.63) is 60.7 Å². The van der Waals surface area contributed by atoms with Crippen LogP contribution in [0, 0.1) is 0 Å². The van der Waals surface area contributed by atoms with Gasteiger partial charge in [0.15, 0.2) is 8.32 Å². The van der Waals surface area contributed by atoms with E-state index >= 15 is 0 Å². The third-order valence-electron chi connectivity index (χ3n) is 6.33. The molecule has 0 saturated heterocycles. The van der Waals surface area contributed by atoms with Gasteiger partial charge < -0.3 is 23.7 Å². The van der Waals surface area contributed by atoms with Crippen LogP contribution in [-0.4, -0.2) is 52.2 Å². The molecule has 0 heterocycles. The lowest BCUT2D eigenvalue weighted by Gasteiger charge is -2.41. The summed E-state index contributed by atoms with van der Waals surface area (Å²) in [6, 6.07) is 10.2. The van der Waals surface area contributed by atoms with E-state index in [0.717, 1.165) is 25.7 Å². The van der Waals surface area contributed by atoms with Crippen LogP contribution in [0.15, 0.2) is 55.1 Å². The van der Waals surface area contributed by atoms with Gasteiger partial charge in [-0.2, -0.15) is 0 Å². The van der Waals surface area contributed by atoms with Crippen LogP contribution in [0.2, 0.25) is 18.1 Å². The Hall–Kier alpha value is -1.28. The largest absolute Gasteiger partial charge is 0.411 e. The molecule has 0 aliphatic carbocycles. The van der Waals surface area contributed by atoms with E-state index < -0.39 is 14.4 Å². The Morgan fingerprint density at radius 3 is 2.38 bits per heavy atom. The lowest BCUT2D eigenvalue weighted by molar-refractivity contribution is -0.0912. The summed E-state index contributed by atoms with van der Waals surface area (Å²) >= 11 is 0. The molecule has 1 aromatic carbocycles. The fraction of sp³-hybridized carbons (Fsp3) is 0.643. The van der Waals surface area contributed by atoms with Crippen molar-refractivity contribution < 1.29 is 23.7 Å². The van der Waals surface area contributed by atoms with Crippen LogP contribution in [0.5, 0.6) is 0 Å². The number of methoxy groups -OCH3 is 1. The van der Waals surface area contributed by atoms with Crippen LogP contribution in [-0.2, 0) is 25.2 Å². The molecule has 0 aliphatic rings. The summed E-state index contributed by atoms with van der Waals surface area (Å²) in [4.78, 5) is 0. The van der Waals surface area contributed by atoms with E-state index in [-0.39, 0.29) is 24.0 Å². The molecular weight excluding hydrogens is 444 g/mol. The molecule has 0 spiro atoms. The van der Waals surface area contributed by atoms with Crippen molar-refractivity contribution in [2.24, 2.45) is 0 Å². The minimum absolute atomic E-state index is 0.0943. The van der Waals surface area contributed by atoms with Gasteiger partial charge >= 0.3 is 0 Å². The monoisotopic (exact) mass is 492 g/mol. The molecule has 0 aromatic heterocycles. The zero-order valence-electron chi connectivity index (χ0n) is 22.3. The molecule has 0 aliphatic heterocycles. The first-order chi connectivity index (χ1) is 16.1. The first-order valence-electron chi connectivity index (χ1n) is 12.5. The topological polar surface area (TPSA) is 57.2 Å². The molecule has 0 fully saturated rings. The van der Waals surface area contributed by atoms with Crippen molar-refractivity contribution in [1.29, 1.82) is 0 Å². The Labute approximate surface area is 209 Å². The van der Waals surface area contributed by atoms with Crippen LogP contribution < -0.4 is 0 Å². The number of unbranched alkanes of at least 4 members (excludes halogenated alkanes) is 1. The average Bonchev–Trinajstić information content (AvgIpc) is 2.79.